The molecule has 0 N–H and O–H groups in total. The van der Waals surface area contributed by atoms with E-state index in [0.29, 0.717) is 33.4 Å². The van der Waals surface area contributed by atoms with E-state index in [1.807, 2.05) is 160 Å². The number of aromatic nitrogens is 5. The van der Waals surface area contributed by atoms with Crippen LogP contribution in [0.15, 0.2) is 461 Å². The maximum atomic E-state index is 8.99. The summed E-state index contributed by atoms with van der Waals surface area (Å²) in [5.41, 5.74) is 28.3. The topological polar surface area (TPSA) is 24.6 Å². The van der Waals surface area contributed by atoms with E-state index < -0.39 is 23.8 Å². The molecular weight excluding hydrogens is 1730 g/mol. The third kappa shape index (κ3) is 16.8. The fraction of sp³-hybridized carbons (Fsp3) is 0.145. The Labute approximate surface area is 866 Å². The van der Waals surface area contributed by atoms with Gasteiger partial charge in [0.1, 0.15) is 0 Å². The van der Waals surface area contributed by atoms with Crippen LogP contribution in [-0.4, -0.2) is 22.8 Å². The Morgan fingerprint density at radius 2 is 0.580 bits per heavy atom. The van der Waals surface area contributed by atoms with E-state index in [1.165, 1.54) is 77.2 Å². The fourth-order valence-corrected chi connectivity index (χ4v) is 21.9. The Morgan fingerprint density at radius 1 is 0.245 bits per heavy atom. The van der Waals surface area contributed by atoms with Crippen LogP contribution in [0.3, 0.4) is 0 Å². The standard InChI is InChI=1S/C40H32N2.C35H33N.C34H29N.C29H27N/c1-40(2,3)39-36(42-32-22-12-10-19-30(32)31-20-11-13-23-33(31)42)26-25-35-38(39)37-29(27-15-6-4-7-16-27)21-14-24-34(37)41(35)28-17-8-5-9-18-28;1-24-13-11-16-26(23-24)29-21-22-31-33(34(29)35(2,3)4)32-28(25-14-7-5-8-15-25)19-12-20-30(32)36(31)27-17-9-6-10-18-27;1-34(2,3)33-28(25-16-9-5-10-17-25)22-23-30-32(33)31-27(24-14-7-4-8-15-24)20-13-21-29(31)35(30)26-18-11-6-12-19-26;1-20-11-8-12-21(19-20)23-15-9-17-25-27(23)28-24(29(2,3)4)16-10-18-26(28)30(25)22-13-6-5-7-14-22/h4-26H,1-3H3;5-14,16-23,25H,15H2,1-4H3;4-23H,1-3H3;5-19H,1-4H3/i;5D,7D,8D,11D,13D,14D,15D,16D,23D;4D,7D,8D,14D,15D;8D,11D,12D,19D. The van der Waals surface area contributed by atoms with Gasteiger partial charge in [-0.2, -0.15) is 0 Å². The van der Waals surface area contributed by atoms with E-state index in [9.17, 15) is 0 Å². The van der Waals surface area contributed by atoms with E-state index in [-0.39, 0.29) is 124 Å². The SMILES string of the molecule is CC(C)(C)c1c(-n2c3ccccc3c3ccccc32)ccc2c1c1c(-c3ccccc3)cccc1n2-c1ccccc1.[2H]C1=C([2H])C([2H])C(c2cccc3c2c2c(C(C)(C)C)c(-c4c([2H])c([2H])c([2H])c(C)c4[2H])ccc2n3-c2ccccc2)C([2H])=C1[2H].[2H]c1c([2H])c(C)c([2H])c(-c2cccc3c2c2c(C(C)(C)C)cccc2n3-c2ccccc2)c1[2H].[2H]c1c([2H])c([2H])c(-c2cccc3c2c2c(C(C)(C)C)c(-c4ccccc4)ccc2n3-c2ccccc2)c([2H])c1[2H]. The van der Waals surface area contributed by atoms with Crippen LogP contribution in [0.5, 0.6) is 0 Å². The molecule has 0 radical (unpaired) electrons. The molecule has 1 aliphatic rings. The number of nitrogens with zero attached hydrogens (tertiary/aromatic N) is 5. The Balaban J connectivity index is 0.000000120. The van der Waals surface area contributed by atoms with Crippen molar-refractivity contribution in [3.63, 3.8) is 0 Å². The van der Waals surface area contributed by atoms with Crippen LogP contribution in [0.2, 0.25) is 0 Å². The van der Waals surface area contributed by atoms with Crippen molar-refractivity contribution in [3.05, 3.63) is 500 Å². The number of benzene rings is 19. The van der Waals surface area contributed by atoms with Crippen molar-refractivity contribution in [1.29, 1.82) is 0 Å². The molecule has 2 unspecified atom stereocenters. The largest absolute Gasteiger partial charge is 0.309 e. The van der Waals surface area contributed by atoms with Crippen molar-refractivity contribution < 1.29 is 24.7 Å². The van der Waals surface area contributed by atoms with E-state index in [1.54, 1.807) is 13.8 Å². The van der Waals surface area contributed by atoms with Gasteiger partial charge < -0.3 is 22.8 Å². The second-order valence-electron chi connectivity index (χ2n) is 41.1. The predicted molar refractivity (Wildman–Crippen MR) is 615 cm³/mol. The van der Waals surface area contributed by atoms with Crippen LogP contribution in [0, 0.1) is 13.8 Å². The number of hydrogen-bond donors (Lipinski definition) is 0. The smallest absolute Gasteiger partial charge is 0.0632 e. The first-order chi connectivity index (χ1) is 76.9. The summed E-state index contributed by atoms with van der Waals surface area (Å²) in [7, 11) is 0. The summed E-state index contributed by atoms with van der Waals surface area (Å²) in [6.45, 7) is 29.7. The Kier molecular flexibility index (Phi) is 19.0. The molecule has 5 heterocycles. The maximum Gasteiger partial charge on any atom is 0.0632 e. The molecule has 0 fully saturated rings. The summed E-state index contributed by atoms with van der Waals surface area (Å²) < 4.78 is 166. The molecule has 0 bridgehead atoms. The number of hydrogen-bond acceptors (Lipinski definition) is 0. The molecule has 143 heavy (non-hydrogen) atoms. The number of fused-ring (bicyclic) bond motifs is 15. The van der Waals surface area contributed by atoms with E-state index >= 15 is 0 Å². The van der Waals surface area contributed by atoms with Gasteiger partial charge in [0.2, 0.25) is 0 Å². The Bertz CT molecular complexity index is 10000. The molecule has 5 heteroatoms. The highest BCUT2D eigenvalue weighted by atomic mass is 15.0. The van der Waals surface area contributed by atoms with Crippen molar-refractivity contribution in [3.8, 4) is 84.1 Å². The maximum absolute atomic E-state index is 8.99. The highest BCUT2D eigenvalue weighted by Crippen LogP contribution is 2.53. The van der Waals surface area contributed by atoms with Crippen molar-refractivity contribution in [2.75, 3.05) is 0 Å². The molecule has 5 aromatic heterocycles. The average molecular weight is 1870 g/mol. The third-order valence-corrected chi connectivity index (χ3v) is 27.6. The average Bonchev–Trinajstić information content (AvgIpc) is 1.55. The van der Waals surface area contributed by atoms with Crippen LogP contribution >= 0.6 is 0 Å². The molecule has 19 aromatic carbocycles. The van der Waals surface area contributed by atoms with Gasteiger partial charge in [0.15, 0.2) is 0 Å². The second kappa shape index (κ2) is 37.3. The van der Waals surface area contributed by atoms with Gasteiger partial charge >= 0.3 is 0 Å². The van der Waals surface area contributed by atoms with Crippen LogP contribution in [0.25, 0.3) is 193 Å². The van der Waals surface area contributed by atoms with E-state index in [4.69, 9.17) is 24.7 Å². The molecule has 698 valence electrons. The Morgan fingerprint density at radius 3 is 1.03 bits per heavy atom. The minimum Gasteiger partial charge on any atom is -0.309 e. The minimum atomic E-state index is -1.25. The Hall–Kier alpha value is -16.3. The van der Waals surface area contributed by atoms with Crippen molar-refractivity contribution in [1.82, 2.24) is 22.8 Å². The first kappa shape index (κ1) is 72.9. The summed E-state index contributed by atoms with van der Waals surface area (Å²) in [5.74, 6) is -0.961. The van der Waals surface area contributed by atoms with Gasteiger partial charge in [-0.25, -0.2) is 0 Å². The molecular formula is C138H121N5. The lowest BCUT2D eigenvalue weighted by Gasteiger charge is -2.26. The van der Waals surface area contributed by atoms with Gasteiger partial charge in [-0.05, 0) is 241 Å². The summed E-state index contributed by atoms with van der Waals surface area (Å²) >= 11 is 0. The molecule has 0 saturated carbocycles. The first-order valence-corrected chi connectivity index (χ1v) is 49.1. The van der Waals surface area contributed by atoms with Gasteiger partial charge in [0, 0.05) is 83.9 Å². The highest BCUT2D eigenvalue weighted by Gasteiger charge is 2.34. The molecule has 25 rings (SSSR count). The highest BCUT2D eigenvalue weighted by molar-refractivity contribution is 6.22. The minimum absolute atomic E-state index is 0.0264. The molecule has 2 atom stereocenters. The second-order valence-corrected chi connectivity index (χ2v) is 41.1. The monoisotopic (exact) mass is 1870 g/mol. The zero-order valence-electron chi connectivity index (χ0n) is 101. The zero-order chi connectivity index (χ0) is 114. The van der Waals surface area contributed by atoms with Crippen molar-refractivity contribution >= 4 is 109 Å². The van der Waals surface area contributed by atoms with E-state index in [2.05, 4.69) is 304 Å². The fourth-order valence-electron chi connectivity index (χ4n) is 21.9. The normalized spacial score (nSPS) is 15.5. The summed E-state index contributed by atoms with van der Waals surface area (Å²) in [6.07, 6.45) is -1.25. The number of allylic oxidation sites excluding steroid dienone is 4. The molecule has 0 spiro atoms. The molecule has 24 aromatic rings. The predicted octanol–water partition coefficient (Wildman–Crippen LogP) is 38.0. The lowest BCUT2D eigenvalue weighted by atomic mass is 9.78. The zero-order valence-corrected chi connectivity index (χ0v) is 83.0. The summed E-state index contributed by atoms with van der Waals surface area (Å²) in [4.78, 5) is 0. The lowest BCUT2D eigenvalue weighted by Crippen LogP contribution is -2.16. The quantitative estimate of drug-likeness (QED) is 0.123. The van der Waals surface area contributed by atoms with E-state index in [0.717, 1.165) is 110 Å². The van der Waals surface area contributed by atoms with Crippen molar-refractivity contribution in [2.45, 2.75) is 131 Å². The third-order valence-electron chi connectivity index (χ3n) is 27.6. The number of rotatable bonds is 11. The summed E-state index contributed by atoms with van der Waals surface area (Å²) in [6, 6.07) is 120. The molecule has 0 saturated heterocycles. The molecule has 0 aliphatic heterocycles. The number of para-hydroxylation sites is 6. The van der Waals surface area contributed by atoms with Gasteiger partial charge in [-0.3, -0.25) is 0 Å². The van der Waals surface area contributed by atoms with Gasteiger partial charge in [0.25, 0.3) is 0 Å². The van der Waals surface area contributed by atoms with Crippen LogP contribution in [0.1, 0.15) is 159 Å². The molecule has 1 aliphatic carbocycles. The van der Waals surface area contributed by atoms with Crippen molar-refractivity contribution in [2.24, 2.45) is 0 Å². The summed E-state index contributed by atoms with van der Waals surface area (Å²) in [5, 5.41) is 10.7. The molecule has 0 amide bonds. The van der Waals surface area contributed by atoms with Crippen LogP contribution in [-0.2, 0) is 21.7 Å². The van der Waals surface area contributed by atoms with Gasteiger partial charge in [0.05, 0.1) is 84.2 Å². The van der Waals surface area contributed by atoms with Crippen LogP contribution in [0.4, 0.5) is 0 Å². The molecule has 5 nitrogen and oxygen atoms in total. The van der Waals surface area contributed by atoms with Crippen LogP contribution < -0.4 is 0 Å². The lowest BCUT2D eigenvalue weighted by molar-refractivity contribution is 0.593. The first-order valence-electron chi connectivity index (χ1n) is 58.2. The van der Waals surface area contributed by atoms with Gasteiger partial charge in [-0.1, -0.05) is 440 Å². The van der Waals surface area contributed by atoms with Gasteiger partial charge in [-0.15, -0.1) is 0 Å².